The molecule has 0 unspecified atom stereocenters. The molecule has 0 aliphatic carbocycles. The second-order valence-electron chi connectivity index (χ2n) is 5.31. The highest BCUT2D eigenvalue weighted by Crippen LogP contribution is 2.18. The first-order chi connectivity index (χ1) is 9.88. The van der Waals surface area contributed by atoms with Crippen LogP contribution in [0.1, 0.15) is 12.8 Å². The molecule has 1 aliphatic heterocycles. The molecule has 0 spiro atoms. The second-order valence-corrected chi connectivity index (χ2v) is 7.86. The summed E-state index contributed by atoms with van der Waals surface area (Å²) in [7, 11) is -3.28. The van der Waals surface area contributed by atoms with Gasteiger partial charge in [0.25, 0.3) is 0 Å². The molecule has 1 saturated heterocycles. The fourth-order valence-corrected chi connectivity index (χ4v) is 3.93. The van der Waals surface area contributed by atoms with Crippen molar-refractivity contribution < 1.29 is 13.2 Å². The molecule has 21 heavy (non-hydrogen) atoms. The molecule has 0 saturated carbocycles. The third kappa shape index (κ3) is 4.43. The minimum atomic E-state index is -3.28. The predicted molar refractivity (Wildman–Crippen MR) is 81.9 cm³/mol. The summed E-state index contributed by atoms with van der Waals surface area (Å²) >= 11 is 5.75. The molecule has 0 radical (unpaired) electrons. The van der Waals surface area contributed by atoms with Crippen molar-refractivity contribution in [2.45, 2.75) is 17.7 Å². The highest BCUT2D eigenvalue weighted by Gasteiger charge is 2.26. The van der Waals surface area contributed by atoms with Crippen LogP contribution in [0.15, 0.2) is 29.2 Å². The van der Waals surface area contributed by atoms with Crippen LogP contribution < -0.4 is 5.73 Å². The third-order valence-corrected chi connectivity index (χ3v) is 5.80. The maximum Gasteiger partial charge on any atom is 0.221 e. The average Bonchev–Trinajstić information content (AvgIpc) is 2.88. The van der Waals surface area contributed by atoms with Gasteiger partial charge in [0.05, 0.1) is 16.6 Å². The Bertz CT molecular complexity index is 601. The first-order valence-electron chi connectivity index (χ1n) is 6.88. The minimum absolute atomic E-state index is 0.0897. The monoisotopic (exact) mass is 330 g/mol. The van der Waals surface area contributed by atoms with E-state index in [-0.39, 0.29) is 17.6 Å². The highest BCUT2D eigenvalue weighted by molar-refractivity contribution is 7.91. The van der Waals surface area contributed by atoms with Crippen LogP contribution in [-0.2, 0) is 14.6 Å². The molecule has 1 aromatic carbocycles. The number of halogens is 1. The number of likely N-dealkylation sites (tertiary alicyclic amines) is 1. The van der Waals surface area contributed by atoms with Crippen molar-refractivity contribution in [3.05, 3.63) is 29.3 Å². The molecule has 116 valence electrons. The summed E-state index contributed by atoms with van der Waals surface area (Å²) in [5.74, 6) is -0.281. The normalized spacial score (nSPS) is 19.8. The summed E-state index contributed by atoms with van der Waals surface area (Å²) in [6, 6.07) is 6.20. The van der Waals surface area contributed by atoms with Crippen LogP contribution in [0.3, 0.4) is 0 Å². The van der Waals surface area contributed by atoms with Gasteiger partial charge in [-0.2, -0.15) is 0 Å². The van der Waals surface area contributed by atoms with Crippen LogP contribution in [-0.4, -0.2) is 44.6 Å². The maximum absolute atomic E-state index is 12.2. The van der Waals surface area contributed by atoms with Crippen LogP contribution in [0.2, 0.25) is 5.02 Å². The number of amides is 1. The molecule has 1 atom stereocenters. The van der Waals surface area contributed by atoms with Gasteiger partial charge in [-0.1, -0.05) is 11.6 Å². The first kappa shape index (κ1) is 16.3. The Hall–Kier alpha value is -1.11. The van der Waals surface area contributed by atoms with E-state index < -0.39 is 9.84 Å². The first-order valence-corrected chi connectivity index (χ1v) is 8.91. The van der Waals surface area contributed by atoms with Crippen molar-refractivity contribution in [1.82, 2.24) is 4.90 Å². The largest absolute Gasteiger partial charge is 0.369 e. The summed E-state index contributed by atoms with van der Waals surface area (Å²) < 4.78 is 24.3. The number of primary amides is 1. The number of carbonyl (C=O) groups is 1. The molecule has 1 amide bonds. The summed E-state index contributed by atoms with van der Waals surface area (Å²) in [5.41, 5.74) is 5.27. The van der Waals surface area contributed by atoms with E-state index in [0.29, 0.717) is 29.4 Å². The van der Waals surface area contributed by atoms with Crippen LogP contribution in [0, 0.1) is 5.92 Å². The van der Waals surface area contributed by atoms with Crippen molar-refractivity contribution in [3.63, 3.8) is 0 Å². The van der Waals surface area contributed by atoms with Gasteiger partial charge in [-0.05, 0) is 50.2 Å². The summed E-state index contributed by atoms with van der Waals surface area (Å²) in [4.78, 5) is 13.5. The van der Waals surface area contributed by atoms with E-state index in [9.17, 15) is 13.2 Å². The molecule has 0 bridgehead atoms. The summed E-state index contributed by atoms with van der Waals surface area (Å²) in [6.07, 6.45) is 1.30. The van der Waals surface area contributed by atoms with Crippen LogP contribution in [0.5, 0.6) is 0 Å². The number of carbonyl (C=O) groups excluding carboxylic acids is 1. The summed E-state index contributed by atoms with van der Waals surface area (Å²) in [6.45, 7) is 2.10. The molecule has 1 fully saturated rings. The van der Waals surface area contributed by atoms with E-state index in [1.807, 2.05) is 0 Å². The zero-order valence-electron chi connectivity index (χ0n) is 11.7. The van der Waals surface area contributed by atoms with E-state index in [2.05, 4.69) is 4.90 Å². The van der Waals surface area contributed by atoms with E-state index in [0.717, 1.165) is 13.0 Å². The van der Waals surface area contributed by atoms with Crippen LogP contribution in [0.4, 0.5) is 0 Å². The van der Waals surface area contributed by atoms with Gasteiger partial charge in [-0.15, -0.1) is 0 Å². The zero-order chi connectivity index (χ0) is 15.5. The van der Waals surface area contributed by atoms with Gasteiger partial charge in [-0.3, -0.25) is 4.79 Å². The summed E-state index contributed by atoms with van der Waals surface area (Å²) in [5, 5.41) is 0.517. The van der Waals surface area contributed by atoms with Crippen molar-refractivity contribution in [2.75, 3.05) is 25.4 Å². The van der Waals surface area contributed by atoms with Gasteiger partial charge in [0.15, 0.2) is 9.84 Å². The quantitative estimate of drug-likeness (QED) is 0.852. The van der Waals surface area contributed by atoms with Crippen molar-refractivity contribution in [3.8, 4) is 0 Å². The van der Waals surface area contributed by atoms with Gasteiger partial charge >= 0.3 is 0 Å². The van der Waals surface area contributed by atoms with Gasteiger partial charge in [0.2, 0.25) is 5.91 Å². The molecule has 1 heterocycles. The van der Waals surface area contributed by atoms with Gasteiger partial charge in [0.1, 0.15) is 0 Å². The fraction of sp³-hybridized carbons (Fsp3) is 0.500. The highest BCUT2D eigenvalue weighted by atomic mass is 35.5. The van der Waals surface area contributed by atoms with Crippen LogP contribution in [0.25, 0.3) is 0 Å². The maximum atomic E-state index is 12.2. The van der Waals surface area contributed by atoms with E-state index in [1.165, 1.54) is 12.1 Å². The Morgan fingerprint density at radius 3 is 2.57 bits per heavy atom. The zero-order valence-corrected chi connectivity index (χ0v) is 13.2. The number of nitrogens with zero attached hydrogens (tertiary/aromatic N) is 1. The minimum Gasteiger partial charge on any atom is -0.369 e. The Balaban J connectivity index is 1.83. The molecule has 1 aliphatic rings. The number of hydrogen-bond acceptors (Lipinski definition) is 4. The number of benzene rings is 1. The van der Waals surface area contributed by atoms with Crippen LogP contribution >= 0.6 is 11.6 Å². The lowest BCUT2D eigenvalue weighted by atomic mass is 10.1. The molecular formula is C14H19ClN2O3S. The number of sulfone groups is 1. The van der Waals surface area contributed by atoms with E-state index in [4.69, 9.17) is 17.3 Å². The van der Waals surface area contributed by atoms with Crippen molar-refractivity contribution >= 4 is 27.3 Å². The molecular weight excluding hydrogens is 312 g/mol. The van der Waals surface area contributed by atoms with Crippen molar-refractivity contribution in [1.29, 1.82) is 0 Å². The molecule has 5 nitrogen and oxygen atoms in total. The molecule has 7 heteroatoms. The standard InChI is InChI=1S/C14H19ClN2O3S/c15-12-2-4-13(5-3-12)21(19,20)9-1-7-17-8-6-11(10-17)14(16)18/h2-5,11H,1,6-10H2,(H2,16,18)/t11-/m1/s1. The lowest BCUT2D eigenvalue weighted by molar-refractivity contribution is -0.121. The smallest absolute Gasteiger partial charge is 0.221 e. The average molecular weight is 331 g/mol. The van der Waals surface area contributed by atoms with Gasteiger partial charge < -0.3 is 10.6 Å². The topological polar surface area (TPSA) is 80.5 Å². The second kappa shape index (κ2) is 6.77. The Morgan fingerprint density at radius 2 is 2.00 bits per heavy atom. The Labute approximate surface area is 130 Å². The number of hydrogen-bond donors (Lipinski definition) is 1. The fourth-order valence-electron chi connectivity index (χ4n) is 2.51. The molecule has 1 aromatic rings. The molecule has 2 rings (SSSR count). The predicted octanol–water partition coefficient (Wildman–Crippen LogP) is 1.31. The third-order valence-electron chi connectivity index (χ3n) is 3.73. The number of rotatable bonds is 6. The molecule has 2 N–H and O–H groups in total. The lowest BCUT2D eigenvalue weighted by Crippen LogP contribution is -2.28. The van der Waals surface area contributed by atoms with Crippen molar-refractivity contribution in [2.24, 2.45) is 11.7 Å². The number of nitrogens with two attached hydrogens (primary N) is 1. The van der Waals surface area contributed by atoms with Gasteiger partial charge in [0, 0.05) is 11.6 Å². The Morgan fingerprint density at radius 1 is 1.33 bits per heavy atom. The Kier molecular flexibility index (Phi) is 5.24. The van der Waals surface area contributed by atoms with E-state index >= 15 is 0 Å². The SMILES string of the molecule is NC(=O)[C@@H]1CCN(CCCS(=O)(=O)c2ccc(Cl)cc2)C1. The van der Waals surface area contributed by atoms with Gasteiger partial charge in [-0.25, -0.2) is 8.42 Å². The lowest BCUT2D eigenvalue weighted by Gasteiger charge is -2.15. The molecule has 0 aromatic heterocycles. The van der Waals surface area contributed by atoms with E-state index in [1.54, 1.807) is 12.1 Å².